The summed E-state index contributed by atoms with van der Waals surface area (Å²) in [5, 5.41) is 3.33. The quantitative estimate of drug-likeness (QED) is 0.731. The smallest absolute Gasteiger partial charge is 0.320 e. The molecule has 1 aromatic rings. The Hall–Kier alpha value is -1.99. The van der Waals surface area contributed by atoms with Crippen molar-refractivity contribution in [3.8, 4) is 11.5 Å². The predicted molar refractivity (Wildman–Crippen MR) is 127 cm³/mol. The van der Waals surface area contributed by atoms with Gasteiger partial charge in [0.15, 0.2) is 11.5 Å². The molecule has 0 saturated carbocycles. The maximum Gasteiger partial charge on any atom is 0.320 e. The van der Waals surface area contributed by atoms with Crippen LogP contribution in [0.1, 0.15) is 43.7 Å². The molecule has 2 saturated heterocycles. The lowest BCUT2D eigenvalue weighted by Gasteiger charge is -2.45. The number of hydrogen-bond donors (Lipinski definition) is 1. The number of nitrogens with one attached hydrogen (secondary N) is 1. The number of aryl methyl sites for hydroxylation is 1. The molecule has 0 spiro atoms. The van der Waals surface area contributed by atoms with Gasteiger partial charge >= 0.3 is 6.03 Å². The molecule has 2 amide bonds. The minimum Gasteiger partial charge on any atom is -0.493 e. The fourth-order valence-corrected chi connectivity index (χ4v) is 5.71. The van der Waals surface area contributed by atoms with E-state index in [1.807, 2.05) is 4.90 Å². The first-order valence-electron chi connectivity index (χ1n) is 12.4. The topological polar surface area (TPSA) is 57.3 Å². The van der Waals surface area contributed by atoms with Gasteiger partial charge < -0.3 is 24.6 Å². The maximum absolute atomic E-state index is 12.9. The van der Waals surface area contributed by atoms with Crippen molar-refractivity contribution in [3.05, 3.63) is 23.3 Å². The molecule has 0 radical (unpaired) electrons. The highest BCUT2D eigenvalue weighted by molar-refractivity contribution is 5.74. The molecule has 1 aromatic carbocycles. The number of nitrogens with zero attached hydrogens (tertiary/aromatic N) is 3. The van der Waals surface area contributed by atoms with Gasteiger partial charge in [0.05, 0.1) is 14.2 Å². The molecule has 2 aliphatic heterocycles. The summed E-state index contributed by atoms with van der Waals surface area (Å²) in [6, 6.07) is 5.70. The largest absolute Gasteiger partial charge is 0.493 e. The van der Waals surface area contributed by atoms with Crippen LogP contribution >= 0.6 is 0 Å². The fourth-order valence-electron chi connectivity index (χ4n) is 5.71. The summed E-state index contributed by atoms with van der Waals surface area (Å²) < 4.78 is 11.1. The van der Waals surface area contributed by atoms with Crippen LogP contribution in [0.2, 0.25) is 0 Å². The van der Waals surface area contributed by atoms with Crippen LogP contribution in [0.25, 0.3) is 0 Å². The predicted octanol–water partition coefficient (Wildman–Crippen LogP) is 2.76. The van der Waals surface area contributed by atoms with E-state index in [0.717, 1.165) is 89.4 Å². The summed E-state index contributed by atoms with van der Waals surface area (Å²) in [6.45, 7) is 8.64. The Morgan fingerprint density at radius 3 is 2.22 bits per heavy atom. The molecule has 2 fully saturated rings. The van der Waals surface area contributed by atoms with Crippen LogP contribution in [-0.2, 0) is 12.8 Å². The Labute approximate surface area is 193 Å². The number of urea groups is 1. The number of carbonyl (C=O) groups excluding carboxylic acids is 1. The second kappa shape index (κ2) is 10.8. The minimum atomic E-state index is 0.236. The SMILES string of the molecule is CCCN(C1CCN(C(=O)N2CCNCC2)CC1)[C@@H]1CCc2cc(OC)c(OC)cc2C1. The maximum atomic E-state index is 12.9. The lowest BCUT2D eigenvalue weighted by atomic mass is 9.85. The standard InChI is InChI=1S/C25H40N4O3/c1-4-11-29(21-7-12-27(13-8-21)25(30)28-14-9-26-10-15-28)22-6-5-19-17-23(31-2)24(32-3)18-20(19)16-22/h17-18,21-22,26H,4-16H2,1-3H3/t22-/m1/s1. The number of ether oxygens (including phenoxy) is 2. The Bertz CT molecular complexity index is 773. The minimum absolute atomic E-state index is 0.236. The number of piperazine rings is 1. The van der Waals surface area contributed by atoms with Gasteiger partial charge in [0.2, 0.25) is 0 Å². The van der Waals surface area contributed by atoms with E-state index < -0.39 is 0 Å². The van der Waals surface area contributed by atoms with E-state index in [4.69, 9.17) is 9.47 Å². The highest BCUT2D eigenvalue weighted by Crippen LogP contribution is 2.36. The molecular formula is C25H40N4O3. The highest BCUT2D eigenvalue weighted by Gasteiger charge is 2.34. The first kappa shape index (κ1) is 23.2. The zero-order chi connectivity index (χ0) is 22.5. The number of piperidine rings is 1. The van der Waals surface area contributed by atoms with E-state index in [-0.39, 0.29) is 6.03 Å². The van der Waals surface area contributed by atoms with Crippen LogP contribution in [0.5, 0.6) is 11.5 Å². The fraction of sp³-hybridized carbons (Fsp3) is 0.720. The van der Waals surface area contributed by atoms with Crippen molar-refractivity contribution in [2.45, 2.75) is 57.5 Å². The molecule has 0 unspecified atom stereocenters. The van der Waals surface area contributed by atoms with E-state index in [0.29, 0.717) is 12.1 Å². The van der Waals surface area contributed by atoms with Gasteiger partial charge in [0, 0.05) is 51.4 Å². The summed E-state index contributed by atoms with van der Waals surface area (Å²) in [4.78, 5) is 19.7. The third kappa shape index (κ3) is 4.99. The molecule has 0 aromatic heterocycles. The summed E-state index contributed by atoms with van der Waals surface area (Å²) in [5.41, 5.74) is 2.79. The molecule has 4 rings (SSSR count). The second-order valence-corrected chi connectivity index (χ2v) is 9.35. The van der Waals surface area contributed by atoms with Gasteiger partial charge in [-0.2, -0.15) is 0 Å². The first-order chi connectivity index (χ1) is 15.6. The Morgan fingerprint density at radius 2 is 1.59 bits per heavy atom. The molecule has 178 valence electrons. The molecule has 0 bridgehead atoms. The molecule has 1 N–H and O–H groups in total. The van der Waals surface area contributed by atoms with Gasteiger partial charge in [0.25, 0.3) is 0 Å². The van der Waals surface area contributed by atoms with Gasteiger partial charge in [-0.15, -0.1) is 0 Å². The number of carbonyl (C=O) groups is 1. The molecule has 3 aliphatic rings. The third-order valence-corrected chi connectivity index (χ3v) is 7.45. The number of likely N-dealkylation sites (tertiary alicyclic amines) is 1. The summed E-state index contributed by atoms with van der Waals surface area (Å²) in [6.07, 6.45) is 6.65. The van der Waals surface area contributed by atoms with Crippen molar-refractivity contribution in [1.82, 2.24) is 20.0 Å². The number of rotatable bonds is 6. The zero-order valence-electron chi connectivity index (χ0n) is 20.1. The van der Waals surface area contributed by atoms with Crippen molar-refractivity contribution < 1.29 is 14.3 Å². The van der Waals surface area contributed by atoms with Crippen molar-refractivity contribution in [1.29, 1.82) is 0 Å². The van der Waals surface area contributed by atoms with Crippen LogP contribution in [0.15, 0.2) is 12.1 Å². The van der Waals surface area contributed by atoms with Gasteiger partial charge in [0.1, 0.15) is 0 Å². The van der Waals surface area contributed by atoms with Gasteiger partial charge in [-0.25, -0.2) is 4.79 Å². The normalized spacial score (nSPS) is 22.1. The van der Waals surface area contributed by atoms with Crippen molar-refractivity contribution >= 4 is 6.03 Å². The van der Waals surface area contributed by atoms with Crippen LogP contribution in [0.4, 0.5) is 4.79 Å². The molecule has 32 heavy (non-hydrogen) atoms. The number of hydrogen-bond acceptors (Lipinski definition) is 5. The molecule has 2 heterocycles. The zero-order valence-corrected chi connectivity index (χ0v) is 20.1. The summed E-state index contributed by atoms with van der Waals surface area (Å²) >= 11 is 0. The second-order valence-electron chi connectivity index (χ2n) is 9.35. The van der Waals surface area contributed by atoms with Gasteiger partial charge in [-0.3, -0.25) is 4.90 Å². The molecule has 1 aliphatic carbocycles. The van der Waals surface area contributed by atoms with Crippen LogP contribution < -0.4 is 14.8 Å². The molecule has 7 nitrogen and oxygen atoms in total. The number of benzene rings is 1. The Balaban J connectivity index is 1.39. The van der Waals surface area contributed by atoms with Gasteiger partial charge in [-0.05, 0) is 68.3 Å². The monoisotopic (exact) mass is 444 g/mol. The lowest BCUT2D eigenvalue weighted by molar-refractivity contribution is 0.0668. The van der Waals surface area contributed by atoms with Crippen LogP contribution in [0, 0.1) is 0 Å². The number of fused-ring (bicyclic) bond motifs is 1. The van der Waals surface area contributed by atoms with E-state index in [1.165, 1.54) is 17.5 Å². The first-order valence-corrected chi connectivity index (χ1v) is 12.4. The number of amides is 2. The van der Waals surface area contributed by atoms with E-state index in [9.17, 15) is 4.79 Å². The van der Waals surface area contributed by atoms with Crippen LogP contribution in [0.3, 0.4) is 0 Å². The average Bonchev–Trinajstić information content (AvgIpc) is 2.86. The summed E-state index contributed by atoms with van der Waals surface area (Å²) in [5.74, 6) is 1.66. The van der Waals surface area contributed by atoms with Crippen LogP contribution in [-0.4, -0.2) is 92.8 Å². The molecule has 7 heteroatoms. The third-order valence-electron chi connectivity index (χ3n) is 7.45. The van der Waals surface area contributed by atoms with E-state index in [2.05, 4.69) is 34.2 Å². The highest BCUT2D eigenvalue weighted by atomic mass is 16.5. The van der Waals surface area contributed by atoms with Crippen molar-refractivity contribution in [2.75, 3.05) is 60.0 Å². The Morgan fingerprint density at radius 1 is 0.969 bits per heavy atom. The molecule has 1 atom stereocenters. The van der Waals surface area contributed by atoms with Gasteiger partial charge in [-0.1, -0.05) is 6.92 Å². The molecular weight excluding hydrogens is 404 g/mol. The summed E-state index contributed by atoms with van der Waals surface area (Å²) in [7, 11) is 3.42. The lowest BCUT2D eigenvalue weighted by Crippen LogP contribution is -2.56. The van der Waals surface area contributed by atoms with E-state index >= 15 is 0 Å². The number of methoxy groups -OCH3 is 2. The average molecular weight is 445 g/mol. The van der Waals surface area contributed by atoms with Crippen molar-refractivity contribution in [2.24, 2.45) is 0 Å². The van der Waals surface area contributed by atoms with Crippen molar-refractivity contribution in [3.63, 3.8) is 0 Å². The van der Waals surface area contributed by atoms with E-state index in [1.54, 1.807) is 14.2 Å². The Kier molecular flexibility index (Phi) is 7.79.